The lowest BCUT2D eigenvalue weighted by Gasteiger charge is -2.34. The molecular formula is C29H33N3O5S. The topological polar surface area (TPSA) is 96.0 Å². The van der Waals surface area contributed by atoms with E-state index >= 15 is 0 Å². The largest absolute Gasteiger partial charge is 0.477 e. The van der Waals surface area contributed by atoms with Crippen LogP contribution in [0.15, 0.2) is 83.8 Å². The summed E-state index contributed by atoms with van der Waals surface area (Å²) in [4.78, 5) is 28.1. The molecule has 8 nitrogen and oxygen atoms in total. The molecule has 0 saturated heterocycles. The molecule has 0 spiro atoms. The molecule has 1 aliphatic rings. The summed E-state index contributed by atoms with van der Waals surface area (Å²) in [5.74, 6) is 0.0607. The van der Waals surface area contributed by atoms with Crippen molar-refractivity contribution in [1.29, 1.82) is 0 Å². The van der Waals surface area contributed by atoms with Gasteiger partial charge in [-0.2, -0.15) is 4.31 Å². The van der Waals surface area contributed by atoms with E-state index in [-0.39, 0.29) is 29.7 Å². The van der Waals surface area contributed by atoms with Crippen molar-refractivity contribution >= 4 is 27.5 Å². The normalized spacial score (nSPS) is 15.0. The number of hydrogen-bond donors (Lipinski definition) is 1. The SMILES string of the molecule is CCN(CC)S(=O)(=O)c1ccc(CCC(=O)N2CC(C(=O)NCc3ccccc3)Oc3ccccc32)cc1. The van der Waals surface area contributed by atoms with E-state index in [1.807, 2.05) is 50.2 Å². The third-order valence-electron chi connectivity index (χ3n) is 6.57. The molecule has 0 aliphatic carbocycles. The number of para-hydroxylation sites is 2. The standard InChI is InChI=1S/C29H33N3O5S/c1-3-31(4-2)38(35,36)24-17-14-22(15-18-24)16-19-28(33)32-21-27(37-26-13-9-8-12-25(26)32)29(34)30-20-23-10-6-5-7-11-23/h5-15,17-18,27H,3-4,16,19-21H2,1-2H3,(H,30,34). The van der Waals surface area contributed by atoms with Crippen molar-refractivity contribution in [2.75, 3.05) is 24.5 Å². The second-order valence-electron chi connectivity index (χ2n) is 9.02. The maximum absolute atomic E-state index is 13.3. The second-order valence-corrected chi connectivity index (χ2v) is 11.0. The van der Waals surface area contributed by atoms with Gasteiger partial charge in [0, 0.05) is 26.1 Å². The first-order valence-electron chi connectivity index (χ1n) is 12.8. The Morgan fingerprint density at radius 1 is 0.921 bits per heavy atom. The van der Waals surface area contributed by atoms with E-state index in [0.29, 0.717) is 37.5 Å². The van der Waals surface area contributed by atoms with E-state index in [0.717, 1.165) is 11.1 Å². The average molecular weight is 536 g/mol. The number of sulfonamides is 1. The Labute approximate surface area is 224 Å². The Kier molecular flexibility index (Phi) is 8.81. The lowest BCUT2D eigenvalue weighted by molar-refractivity contribution is -0.128. The third kappa shape index (κ3) is 6.23. The quantitative estimate of drug-likeness (QED) is 0.427. The summed E-state index contributed by atoms with van der Waals surface area (Å²) in [6.45, 7) is 4.90. The molecular weight excluding hydrogens is 502 g/mol. The molecule has 1 aliphatic heterocycles. The van der Waals surface area contributed by atoms with Crippen LogP contribution in [-0.4, -0.2) is 50.3 Å². The van der Waals surface area contributed by atoms with Crippen molar-refractivity contribution < 1.29 is 22.7 Å². The highest BCUT2D eigenvalue weighted by molar-refractivity contribution is 7.89. The highest BCUT2D eigenvalue weighted by Crippen LogP contribution is 2.33. The van der Waals surface area contributed by atoms with Gasteiger partial charge < -0.3 is 15.0 Å². The van der Waals surface area contributed by atoms with E-state index in [9.17, 15) is 18.0 Å². The Morgan fingerprint density at radius 3 is 2.26 bits per heavy atom. The molecule has 200 valence electrons. The van der Waals surface area contributed by atoms with Crippen LogP contribution in [0.4, 0.5) is 5.69 Å². The summed E-state index contributed by atoms with van der Waals surface area (Å²) in [5.41, 5.74) is 2.46. The van der Waals surface area contributed by atoms with Gasteiger partial charge in [-0.3, -0.25) is 9.59 Å². The van der Waals surface area contributed by atoms with Crippen LogP contribution in [0.2, 0.25) is 0 Å². The van der Waals surface area contributed by atoms with Crippen LogP contribution in [0, 0.1) is 0 Å². The molecule has 1 atom stereocenters. The van der Waals surface area contributed by atoms with Gasteiger partial charge in [-0.1, -0.05) is 68.4 Å². The monoisotopic (exact) mass is 535 g/mol. The minimum atomic E-state index is -3.53. The van der Waals surface area contributed by atoms with Crippen molar-refractivity contribution in [3.63, 3.8) is 0 Å². The number of hydrogen-bond acceptors (Lipinski definition) is 5. The van der Waals surface area contributed by atoms with Gasteiger partial charge in [-0.15, -0.1) is 0 Å². The first kappa shape index (κ1) is 27.3. The number of nitrogens with zero attached hydrogens (tertiary/aromatic N) is 2. The first-order valence-corrected chi connectivity index (χ1v) is 14.2. The molecule has 38 heavy (non-hydrogen) atoms. The maximum atomic E-state index is 13.3. The Balaban J connectivity index is 1.41. The number of aryl methyl sites for hydroxylation is 1. The van der Waals surface area contributed by atoms with E-state index < -0.39 is 16.1 Å². The molecule has 2 amide bonds. The number of nitrogens with one attached hydrogen (secondary N) is 1. The van der Waals surface area contributed by atoms with Crippen LogP contribution in [0.3, 0.4) is 0 Å². The zero-order valence-electron chi connectivity index (χ0n) is 21.7. The lowest BCUT2D eigenvalue weighted by atomic mass is 10.1. The molecule has 0 bridgehead atoms. The van der Waals surface area contributed by atoms with Gasteiger partial charge in [-0.25, -0.2) is 8.42 Å². The maximum Gasteiger partial charge on any atom is 0.263 e. The molecule has 3 aromatic rings. The minimum Gasteiger partial charge on any atom is -0.477 e. The second kappa shape index (κ2) is 12.2. The smallest absolute Gasteiger partial charge is 0.263 e. The minimum absolute atomic E-state index is 0.109. The van der Waals surface area contributed by atoms with Gasteiger partial charge in [0.05, 0.1) is 17.1 Å². The van der Waals surface area contributed by atoms with Crippen LogP contribution in [-0.2, 0) is 32.6 Å². The number of anilines is 1. The Hall–Kier alpha value is -3.69. The van der Waals surface area contributed by atoms with Gasteiger partial charge in [0.15, 0.2) is 6.10 Å². The number of carbonyl (C=O) groups is 2. The van der Waals surface area contributed by atoms with E-state index in [4.69, 9.17) is 4.74 Å². The molecule has 4 rings (SSSR count). The molecule has 9 heteroatoms. The van der Waals surface area contributed by atoms with Crippen LogP contribution in [0.5, 0.6) is 5.75 Å². The summed E-state index contributed by atoms with van der Waals surface area (Å²) in [7, 11) is -3.53. The summed E-state index contributed by atoms with van der Waals surface area (Å²) >= 11 is 0. The molecule has 1 heterocycles. The van der Waals surface area contributed by atoms with Crippen molar-refractivity contribution in [3.8, 4) is 5.75 Å². The van der Waals surface area contributed by atoms with Gasteiger partial charge in [-0.05, 0) is 41.8 Å². The number of fused-ring (bicyclic) bond motifs is 1. The molecule has 0 aromatic heterocycles. The number of ether oxygens (including phenoxy) is 1. The fourth-order valence-corrected chi connectivity index (χ4v) is 5.89. The highest BCUT2D eigenvalue weighted by Gasteiger charge is 2.33. The molecule has 3 aromatic carbocycles. The number of rotatable bonds is 10. The predicted octanol–water partition coefficient (Wildman–Crippen LogP) is 3.76. The van der Waals surface area contributed by atoms with Crippen molar-refractivity contribution in [2.45, 2.75) is 44.2 Å². The van der Waals surface area contributed by atoms with E-state index in [1.165, 1.54) is 4.31 Å². The zero-order chi connectivity index (χ0) is 27.1. The van der Waals surface area contributed by atoms with Gasteiger partial charge in [0.1, 0.15) is 5.75 Å². The van der Waals surface area contributed by atoms with Crippen LogP contribution < -0.4 is 15.0 Å². The van der Waals surface area contributed by atoms with Crippen LogP contribution in [0.1, 0.15) is 31.4 Å². The van der Waals surface area contributed by atoms with E-state index in [1.54, 1.807) is 47.4 Å². The highest BCUT2D eigenvalue weighted by atomic mass is 32.2. The van der Waals surface area contributed by atoms with Crippen LogP contribution >= 0.6 is 0 Å². The Bertz CT molecular complexity index is 1360. The van der Waals surface area contributed by atoms with Gasteiger partial charge in [0.2, 0.25) is 15.9 Å². The molecule has 0 radical (unpaired) electrons. The van der Waals surface area contributed by atoms with Gasteiger partial charge in [0.25, 0.3) is 5.91 Å². The molecule has 0 fully saturated rings. The fourth-order valence-electron chi connectivity index (χ4n) is 4.43. The molecule has 0 saturated carbocycles. The summed E-state index contributed by atoms with van der Waals surface area (Å²) < 4.78 is 32.8. The summed E-state index contributed by atoms with van der Waals surface area (Å²) in [5, 5.41) is 2.90. The fraction of sp³-hybridized carbons (Fsp3) is 0.310. The molecule has 1 unspecified atom stereocenters. The Morgan fingerprint density at radius 2 is 1.58 bits per heavy atom. The lowest BCUT2D eigenvalue weighted by Crippen LogP contribution is -2.50. The average Bonchev–Trinajstić information content (AvgIpc) is 2.95. The zero-order valence-corrected chi connectivity index (χ0v) is 22.5. The van der Waals surface area contributed by atoms with Gasteiger partial charge >= 0.3 is 0 Å². The number of amides is 2. The van der Waals surface area contributed by atoms with Crippen molar-refractivity contribution in [3.05, 3.63) is 90.0 Å². The number of benzene rings is 3. The summed E-state index contributed by atoms with van der Waals surface area (Å²) in [6, 6.07) is 23.4. The van der Waals surface area contributed by atoms with E-state index in [2.05, 4.69) is 5.32 Å². The first-order chi connectivity index (χ1) is 18.3. The number of carbonyl (C=O) groups excluding carboxylic acids is 2. The van der Waals surface area contributed by atoms with Crippen molar-refractivity contribution in [1.82, 2.24) is 9.62 Å². The van der Waals surface area contributed by atoms with Crippen molar-refractivity contribution in [2.24, 2.45) is 0 Å². The van der Waals surface area contributed by atoms with Crippen LogP contribution in [0.25, 0.3) is 0 Å². The predicted molar refractivity (Wildman–Crippen MR) is 146 cm³/mol. The third-order valence-corrected chi connectivity index (χ3v) is 8.63. The molecule has 1 N–H and O–H groups in total. The summed E-state index contributed by atoms with van der Waals surface area (Å²) in [6.07, 6.45) is -0.189.